The summed E-state index contributed by atoms with van der Waals surface area (Å²) in [5.41, 5.74) is -0.0856. The predicted octanol–water partition coefficient (Wildman–Crippen LogP) is 4.46. The van der Waals surface area contributed by atoms with Crippen LogP contribution in [-0.4, -0.2) is 79.8 Å². The van der Waals surface area contributed by atoms with Gasteiger partial charge in [0.1, 0.15) is 17.6 Å². The lowest BCUT2D eigenvalue weighted by molar-refractivity contribution is -0.0287. The van der Waals surface area contributed by atoms with Crippen molar-refractivity contribution in [2.75, 3.05) is 46.3 Å². The second kappa shape index (κ2) is 11.5. The maximum Gasteiger partial charge on any atom is 0.258 e. The summed E-state index contributed by atoms with van der Waals surface area (Å²) in [6.45, 7) is 4.44. The number of halogens is 3. The number of ether oxygens (including phenoxy) is 2. The zero-order valence-electron chi connectivity index (χ0n) is 21.2. The van der Waals surface area contributed by atoms with Crippen LogP contribution in [-0.2, 0) is 0 Å². The molecule has 0 radical (unpaired) electrons. The van der Waals surface area contributed by atoms with Crippen molar-refractivity contribution in [1.29, 1.82) is 0 Å². The fourth-order valence-electron chi connectivity index (χ4n) is 5.18. The number of benzene rings is 2. The van der Waals surface area contributed by atoms with Gasteiger partial charge in [0.25, 0.3) is 11.8 Å². The summed E-state index contributed by atoms with van der Waals surface area (Å²) in [7, 11) is 2.10. The first-order valence-corrected chi connectivity index (χ1v) is 14.0. The minimum atomic E-state index is -0.784. The van der Waals surface area contributed by atoms with Gasteiger partial charge in [-0.2, -0.15) is 0 Å². The first kappa shape index (κ1) is 27.3. The summed E-state index contributed by atoms with van der Waals surface area (Å²) >= 11 is 18.7. The van der Waals surface area contributed by atoms with E-state index in [4.69, 9.17) is 44.3 Å². The molecular formula is C27H31Cl3N4O4. The number of rotatable bonds is 6. The lowest BCUT2D eigenvalue weighted by Gasteiger charge is -2.44. The number of carbonyl (C=O) groups is 2. The van der Waals surface area contributed by atoms with E-state index in [0.29, 0.717) is 71.2 Å². The molecule has 2 fully saturated rings. The van der Waals surface area contributed by atoms with E-state index < -0.39 is 5.72 Å². The lowest BCUT2D eigenvalue weighted by atomic mass is 9.96. The van der Waals surface area contributed by atoms with Gasteiger partial charge in [-0.05, 0) is 38.1 Å². The molecule has 3 aliphatic heterocycles. The Balaban J connectivity index is 1.17. The Labute approximate surface area is 237 Å². The molecule has 0 bridgehead atoms. The summed E-state index contributed by atoms with van der Waals surface area (Å²) in [5.74, 6) is 0.553. The van der Waals surface area contributed by atoms with Gasteiger partial charge in [0, 0.05) is 58.2 Å². The first-order valence-electron chi connectivity index (χ1n) is 12.9. The molecule has 38 heavy (non-hydrogen) atoms. The fraction of sp³-hybridized carbons (Fsp3) is 0.481. The minimum Gasteiger partial charge on any atom is -0.489 e. The van der Waals surface area contributed by atoms with E-state index in [1.807, 2.05) is 0 Å². The molecule has 0 unspecified atom stereocenters. The predicted molar refractivity (Wildman–Crippen MR) is 148 cm³/mol. The molecule has 2 N–H and O–H groups in total. The van der Waals surface area contributed by atoms with E-state index in [-0.39, 0.29) is 23.5 Å². The summed E-state index contributed by atoms with van der Waals surface area (Å²) in [4.78, 5) is 30.0. The third-order valence-electron chi connectivity index (χ3n) is 7.45. The number of hydrogen-bond donors (Lipinski definition) is 2. The van der Waals surface area contributed by atoms with Gasteiger partial charge in [-0.3, -0.25) is 9.59 Å². The minimum absolute atomic E-state index is 0.0887. The molecule has 0 aromatic heterocycles. The molecule has 8 nitrogen and oxygen atoms in total. The van der Waals surface area contributed by atoms with Gasteiger partial charge < -0.3 is 29.9 Å². The van der Waals surface area contributed by atoms with Gasteiger partial charge >= 0.3 is 0 Å². The van der Waals surface area contributed by atoms with Gasteiger partial charge in [0.15, 0.2) is 5.72 Å². The van der Waals surface area contributed by atoms with E-state index in [1.165, 1.54) is 0 Å². The van der Waals surface area contributed by atoms with Crippen molar-refractivity contribution in [2.24, 2.45) is 0 Å². The number of carbonyl (C=O) groups excluding carboxylic acids is 2. The number of amides is 2. The molecule has 5 rings (SSSR count). The van der Waals surface area contributed by atoms with E-state index in [9.17, 15) is 9.59 Å². The highest BCUT2D eigenvalue weighted by Crippen LogP contribution is 2.40. The van der Waals surface area contributed by atoms with Crippen molar-refractivity contribution < 1.29 is 19.1 Å². The Hall–Kier alpha value is -2.23. The average molecular weight is 582 g/mol. The molecule has 0 aliphatic carbocycles. The number of nitrogens with one attached hydrogen (secondary N) is 2. The molecule has 0 saturated carbocycles. The van der Waals surface area contributed by atoms with Crippen LogP contribution < -0.4 is 20.1 Å². The van der Waals surface area contributed by atoms with Gasteiger partial charge in [0.05, 0.1) is 26.2 Å². The third-order valence-corrected chi connectivity index (χ3v) is 8.38. The number of fused-ring (bicyclic) bond motifs is 1. The maximum atomic E-state index is 13.0. The highest BCUT2D eigenvalue weighted by molar-refractivity contribution is 6.39. The topological polar surface area (TPSA) is 83.1 Å². The Morgan fingerprint density at radius 2 is 1.79 bits per heavy atom. The van der Waals surface area contributed by atoms with Crippen LogP contribution in [0.3, 0.4) is 0 Å². The van der Waals surface area contributed by atoms with Crippen molar-refractivity contribution in [2.45, 2.75) is 37.5 Å². The second-order valence-corrected chi connectivity index (χ2v) is 11.4. The van der Waals surface area contributed by atoms with Crippen LogP contribution in [0.25, 0.3) is 0 Å². The zero-order valence-corrected chi connectivity index (χ0v) is 23.5. The Kier molecular flexibility index (Phi) is 8.26. The third kappa shape index (κ3) is 6.00. The quantitative estimate of drug-likeness (QED) is 0.524. The molecule has 0 atom stereocenters. The highest BCUT2D eigenvalue weighted by Gasteiger charge is 2.43. The molecule has 204 valence electrons. The molecular weight excluding hydrogens is 551 g/mol. The van der Waals surface area contributed by atoms with Gasteiger partial charge in [0.2, 0.25) is 0 Å². The number of hydrogen-bond acceptors (Lipinski definition) is 6. The van der Waals surface area contributed by atoms with Crippen LogP contribution in [0.5, 0.6) is 11.5 Å². The molecule has 11 heteroatoms. The fourth-order valence-corrected chi connectivity index (χ4v) is 5.95. The standard InChI is InChI=1S/C27H31Cl3N4O4/c1-33-10-5-17(6-11-33)37-23-16-22-18(15-21(23)30)25(35)32-27(38-22)7-12-34(13-8-27)14-9-31-26(36)24-19(28)3-2-4-20(24)29/h2-4,15-17H,5-14H2,1H3,(H,31,36)(H,32,35). The Morgan fingerprint density at radius 1 is 1.11 bits per heavy atom. The summed E-state index contributed by atoms with van der Waals surface area (Å²) in [5, 5.41) is 7.00. The zero-order chi connectivity index (χ0) is 26.9. The van der Waals surface area contributed by atoms with Crippen LogP contribution >= 0.6 is 34.8 Å². The average Bonchev–Trinajstić information content (AvgIpc) is 2.88. The van der Waals surface area contributed by atoms with Crippen molar-refractivity contribution in [1.82, 2.24) is 20.4 Å². The molecule has 1 spiro atoms. The highest BCUT2D eigenvalue weighted by atomic mass is 35.5. The Bertz CT molecular complexity index is 1190. The van der Waals surface area contributed by atoms with E-state index in [0.717, 1.165) is 25.9 Å². The van der Waals surface area contributed by atoms with Crippen LogP contribution in [0.1, 0.15) is 46.4 Å². The van der Waals surface area contributed by atoms with E-state index >= 15 is 0 Å². The summed E-state index contributed by atoms with van der Waals surface area (Å²) < 4.78 is 12.6. The van der Waals surface area contributed by atoms with Gasteiger partial charge in [-0.25, -0.2) is 0 Å². The van der Waals surface area contributed by atoms with Crippen molar-refractivity contribution in [3.63, 3.8) is 0 Å². The monoisotopic (exact) mass is 580 g/mol. The molecule has 2 amide bonds. The van der Waals surface area contributed by atoms with Crippen molar-refractivity contribution in [3.05, 3.63) is 56.5 Å². The van der Waals surface area contributed by atoms with E-state index in [2.05, 4.69) is 27.5 Å². The molecule has 3 aliphatic rings. The van der Waals surface area contributed by atoms with Crippen LogP contribution in [0.2, 0.25) is 15.1 Å². The normalized spacial score (nSPS) is 19.9. The second-order valence-electron chi connectivity index (χ2n) is 10.1. The number of likely N-dealkylation sites (tertiary alicyclic amines) is 2. The van der Waals surface area contributed by atoms with Gasteiger partial charge in [-0.1, -0.05) is 40.9 Å². The molecule has 2 aromatic carbocycles. The number of piperidine rings is 2. The van der Waals surface area contributed by atoms with Crippen molar-refractivity contribution >= 4 is 46.6 Å². The van der Waals surface area contributed by atoms with Crippen LogP contribution in [0.15, 0.2) is 30.3 Å². The Morgan fingerprint density at radius 3 is 2.47 bits per heavy atom. The smallest absolute Gasteiger partial charge is 0.258 e. The largest absolute Gasteiger partial charge is 0.489 e. The molecule has 2 saturated heterocycles. The van der Waals surface area contributed by atoms with Crippen molar-refractivity contribution in [3.8, 4) is 11.5 Å². The molecule has 3 heterocycles. The van der Waals surface area contributed by atoms with Gasteiger partial charge in [-0.15, -0.1) is 0 Å². The summed E-state index contributed by atoms with van der Waals surface area (Å²) in [6, 6.07) is 8.37. The van der Waals surface area contributed by atoms with E-state index in [1.54, 1.807) is 30.3 Å². The number of nitrogens with zero attached hydrogens (tertiary/aromatic N) is 2. The van der Waals surface area contributed by atoms with Crippen LogP contribution in [0.4, 0.5) is 0 Å². The first-order chi connectivity index (χ1) is 18.2. The lowest BCUT2D eigenvalue weighted by Crippen LogP contribution is -2.61. The van der Waals surface area contributed by atoms with Crippen LogP contribution in [0, 0.1) is 0 Å². The summed E-state index contributed by atoms with van der Waals surface area (Å²) in [6.07, 6.45) is 3.16. The maximum absolute atomic E-state index is 13.0. The SMILES string of the molecule is CN1CCC(Oc2cc3c(cc2Cl)C(=O)NC2(CCN(CCNC(=O)c4c(Cl)cccc4Cl)CC2)O3)CC1. The molecule has 2 aromatic rings.